The Hall–Kier alpha value is -2.08. The summed E-state index contributed by atoms with van der Waals surface area (Å²) in [6.07, 6.45) is 0.0665. The van der Waals surface area contributed by atoms with Gasteiger partial charge in [-0.2, -0.15) is 0 Å². The number of rotatable bonds is 8. The first kappa shape index (κ1) is 18.0. The minimum absolute atomic E-state index is 0.0665. The number of methoxy groups -OCH3 is 1. The third-order valence-corrected chi connectivity index (χ3v) is 3.29. The van der Waals surface area contributed by atoms with E-state index < -0.39 is 11.5 Å². The van der Waals surface area contributed by atoms with Crippen molar-refractivity contribution in [2.75, 3.05) is 26.9 Å². The monoisotopic (exact) mass is 309 g/mol. The van der Waals surface area contributed by atoms with E-state index in [1.54, 1.807) is 26.0 Å². The van der Waals surface area contributed by atoms with Gasteiger partial charge >= 0.3 is 5.97 Å². The molecular formula is C16H23NO5. The molecule has 0 atom stereocenters. The number of hydrogen-bond donors (Lipinski definition) is 1. The molecule has 0 heterocycles. The van der Waals surface area contributed by atoms with Gasteiger partial charge in [-0.15, -0.1) is 0 Å². The van der Waals surface area contributed by atoms with Crippen molar-refractivity contribution >= 4 is 11.9 Å². The molecular weight excluding hydrogens is 286 g/mol. The topological polar surface area (TPSA) is 76.1 Å². The van der Waals surface area contributed by atoms with Crippen LogP contribution in [0.3, 0.4) is 0 Å². The summed E-state index contributed by atoms with van der Waals surface area (Å²) in [5.74, 6) is -0.118. The van der Waals surface area contributed by atoms with Crippen molar-refractivity contribution in [3.05, 3.63) is 30.3 Å². The number of aliphatic hydroxyl groups is 1. The maximum atomic E-state index is 12.4. The number of carbonyl (C=O) groups excluding carboxylic acids is 2. The molecule has 6 heteroatoms. The Balaban J connectivity index is 2.68. The molecule has 0 aliphatic heterocycles. The van der Waals surface area contributed by atoms with Gasteiger partial charge in [0.15, 0.2) is 6.61 Å². The molecule has 0 aliphatic carbocycles. The zero-order valence-corrected chi connectivity index (χ0v) is 13.2. The maximum absolute atomic E-state index is 12.4. The van der Waals surface area contributed by atoms with Crippen LogP contribution in [0.15, 0.2) is 30.3 Å². The molecule has 0 aliphatic rings. The van der Waals surface area contributed by atoms with Crippen LogP contribution in [0.2, 0.25) is 0 Å². The summed E-state index contributed by atoms with van der Waals surface area (Å²) in [4.78, 5) is 25.1. The first-order valence-electron chi connectivity index (χ1n) is 7.06. The zero-order valence-electron chi connectivity index (χ0n) is 13.2. The van der Waals surface area contributed by atoms with Crippen LogP contribution in [0, 0.1) is 0 Å². The molecule has 122 valence electrons. The minimum atomic E-state index is -0.787. The standard InChI is InChI=1S/C16H23NO5/c1-16(2,12-18)17(10-9-15(20)21-3)14(19)11-22-13-7-5-4-6-8-13/h4-8,18H,9-12H2,1-3H3. The molecule has 0 radical (unpaired) electrons. The van der Waals surface area contributed by atoms with Crippen molar-refractivity contribution in [2.45, 2.75) is 25.8 Å². The Morgan fingerprint density at radius 1 is 1.23 bits per heavy atom. The lowest BCUT2D eigenvalue weighted by Gasteiger charge is -2.37. The van der Waals surface area contributed by atoms with Gasteiger partial charge in [0, 0.05) is 6.54 Å². The molecule has 6 nitrogen and oxygen atoms in total. The van der Waals surface area contributed by atoms with Crippen LogP contribution in [0.5, 0.6) is 5.75 Å². The predicted octanol–water partition coefficient (Wildman–Crippen LogP) is 1.23. The molecule has 1 aromatic carbocycles. The number of hydrogen-bond acceptors (Lipinski definition) is 5. The molecule has 0 aromatic heterocycles. The fourth-order valence-corrected chi connectivity index (χ4v) is 1.90. The Kier molecular flexibility index (Phi) is 6.85. The molecule has 0 bridgehead atoms. The summed E-state index contributed by atoms with van der Waals surface area (Å²) in [7, 11) is 1.30. The SMILES string of the molecule is COC(=O)CCN(C(=O)COc1ccccc1)C(C)(C)CO. The van der Waals surface area contributed by atoms with Crippen LogP contribution in [-0.2, 0) is 14.3 Å². The van der Waals surface area contributed by atoms with Crippen LogP contribution in [0.25, 0.3) is 0 Å². The minimum Gasteiger partial charge on any atom is -0.484 e. The van der Waals surface area contributed by atoms with Gasteiger partial charge in [0.25, 0.3) is 5.91 Å². The number of benzene rings is 1. The number of esters is 1. The molecule has 1 rings (SSSR count). The Bertz CT molecular complexity index is 487. The highest BCUT2D eigenvalue weighted by atomic mass is 16.5. The second-order valence-corrected chi connectivity index (χ2v) is 5.44. The summed E-state index contributed by atoms with van der Waals surface area (Å²) >= 11 is 0. The number of aliphatic hydroxyl groups excluding tert-OH is 1. The summed E-state index contributed by atoms with van der Waals surface area (Å²) in [6, 6.07) is 8.98. The Morgan fingerprint density at radius 2 is 1.86 bits per heavy atom. The zero-order chi connectivity index (χ0) is 16.6. The molecule has 1 amide bonds. The molecule has 1 aromatic rings. The van der Waals surface area contributed by atoms with Gasteiger partial charge in [0.05, 0.1) is 25.7 Å². The van der Waals surface area contributed by atoms with Gasteiger partial charge in [-0.05, 0) is 26.0 Å². The van der Waals surface area contributed by atoms with Crippen molar-refractivity contribution in [3.8, 4) is 5.75 Å². The smallest absolute Gasteiger partial charge is 0.307 e. The lowest BCUT2D eigenvalue weighted by molar-refractivity contribution is -0.145. The first-order chi connectivity index (χ1) is 10.4. The van der Waals surface area contributed by atoms with E-state index in [1.807, 2.05) is 18.2 Å². The highest BCUT2D eigenvalue weighted by Gasteiger charge is 2.30. The van der Waals surface area contributed by atoms with Gasteiger partial charge in [-0.1, -0.05) is 18.2 Å². The molecule has 1 N–H and O–H groups in total. The van der Waals surface area contributed by atoms with E-state index in [9.17, 15) is 14.7 Å². The molecule has 22 heavy (non-hydrogen) atoms. The lowest BCUT2D eigenvalue weighted by Crippen LogP contribution is -2.52. The van der Waals surface area contributed by atoms with Crippen LogP contribution in [0.1, 0.15) is 20.3 Å². The highest BCUT2D eigenvalue weighted by Crippen LogP contribution is 2.16. The number of nitrogens with zero attached hydrogens (tertiary/aromatic N) is 1. The van der Waals surface area contributed by atoms with E-state index in [-0.39, 0.29) is 32.1 Å². The van der Waals surface area contributed by atoms with Gasteiger partial charge < -0.3 is 19.5 Å². The maximum Gasteiger partial charge on any atom is 0.307 e. The average molecular weight is 309 g/mol. The van der Waals surface area contributed by atoms with Crippen LogP contribution in [-0.4, -0.2) is 54.3 Å². The van der Waals surface area contributed by atoms with Crippen molar-refractivity contribution in [3.63, 3.8) is 0 Å². The Labute approximate surface area is 130 Å². The van der Waals surface area contributed by atoms with Crippen LogP contribution >= 0.6 is 0 Å². The summed E-state index contributed by atoms with van der Waals surface area (Å²) < 4.78 is 10.0. The van der Waals surface area contributed by atoms with Gasteiger partial charge in [-0.3, -0.25) is 9.59 Å². The normalized spacial score (nSPS) is 10.9. The van der Waals surface area contributed by atoms with E-state index >= 15 is 0 Å². The third kappa shape index (κ3) is 5.37. The van der Waals surface area contributed by atoms with E-state index in [2.05, 4.69) is 4.74 Å². The second-order valence-electron chi connectivity index (χ2n) is 5.44. The van der Waals surface area contributed by atoms with Crippen molar-refractivity contribution < 1.29 is 24.2 Å². The molecule has 0 spiro atoms. The lowest BCUT2D eigenvalue weighted by atomic mass is 10.0. The number of ether oxygens (including phenoxy) is 2. The summed E-state index contributed by atoms with van der Waals surface area (Å²) in [6.45, 7) is 3.24. The van der Waals surface area contributed by atoms with E-state index in [1.165, 1.54) is 12.0 Å². The first-order valence-corrected chi connectivity index (χ1v) is 7.06. The quantitative estimate of drug-likeness (QED) is 0.731. The molecule has 0 unspecified atom stereocenters. The number of amides is 1. The molecule has 0 fully saturated rings. The molecule has 0 saturated heterocycles. The van der Waals surface area contributed by atoms with Gasteiger partial charge in [0.1, 0.15) is 5.75 Å². The average Bonchev–Trinajstić information content (AvgIpc) is 2.53. The van der Waals surface area contributed by atoms with E-state index in [0.29, 0.717) is 5.75 Å². The fraction of sp³-hybridized carbons (Fsp3) is 0.500. The number of carbonyl (C=O) groups is 2. The van der Waals surface area contributed by atoms with Crippen molar-refractivity contribution in [1.82, 2.24) is 4.90 Å². The highest BCUT2D eigenvalue weighted by molar-refractivity contribution is 5.79. The predicted molar refractivity (Wildman–Crippen MR) is 81.4 cm³/mol. The van der Waals surface area contributed by atoms with Crippen LogP contribution in [0.4, 0.5) is 0 Å². The summed E-state index contributed by atoms with van der Waals surface area (Å²) in [5.41, 5.74) is -0.787. The third-order valence-electron chi connectivity index (χ3n) is 3.29. The van der Waals surface area contributed by atoms with E-state index in [4.69, 9.17) is 4.74 Å². The largest absolute Gasteiger partial charge is 0.484 e. The molecule has 0 saturated carbocycles. The van der Waals surface area contributed by atoms with E-state index in [0.717, 1.165) is 0 Å². The summed E-state index contributed by atoms with van der Waals surface area (Å²) in [5, 5.41) is 9.47. The van der Waals surface area contributed by atoms with Crippen LogP contribution < -0.4 is 4.74 Å². The van der Waals surface area contributed by atoms with Gasteiger partial charge in [0.2, 0.25) is 0 Å². The number of para-hydroxylation sites is 1. The van der Waals surface area contributed by atoms with Crippen molar-refractivity contribution in [1.29, 1.82) is 0 Å². The Morgan fingerprint density at radius 3 is 2.41 bits per heavy atom. The van der Waals surface area contributed by atoms with Crippen molar-refractivity contribution in [2.24, 2.45) is 0 Å². The van der Waals surface area contributed by atoms with Gasteiger partial charge in [-0.25, -0.2) is 0 Å². The fourth-order valence-electron chi connectivity index (χ4n) is 1.90. The second kappa shape index (κ2) is 8.38.